The van der Waals surface area contributed by atoms with Crippen LogP contribution in [0.15, 0.2) is 12.3 Å². The van der Waals surface area contributed by atoms with Crippen LogP contribution in [0.4, 0.5) is 0 Å². The predicted molar refractivity (Wildman–Crippen MR) is 82.9 cm³/mol. The van der Waals surface area contributed by atoms with Gasteiger partial charge in [-0.15, -0.1) is 0 Å². The van der Waals surface area contributed by atoms with Crippen LogP contribution < -0.4 is 5.32 Å². The molecule has 1 fully saturated rings. The van der Waals surface area contributed by atoms with E-state index >= 15 is 0 Å². The Morgan fingerprint density at radius 1 is 1.35 bits per heavy atom. The number of β-amino-alcohol motifs (C(OH)–C–C–N with tert-alkyl or cyclic N) is 1. The van der Waals surface area contributed by atoms with Crippen molar-refractivity contribution >= 4 is 0 Å². The van der Waals surface area contributed by atoms with Gasteiger partial charge in [0.05, 0.1) is 6.10 Å². The first kappa shape index (κ1) is 15.5. The van der Waals surface area contributed by atoms with Crippen molar-refractivity contribution in [3.05, 3.63) is 29.1 Å². The van der Waals surface area contributed by atoms with Crippen LogP contribution in [0.3, 0.4) is 0 Å². The number of hydrogen-bond donors (Lipinski definition) is 2. The number of aryl methyl sites for hydroxylation is 1. The van der Waals surface area contributed by atoms with Crippen molar-refractivity contribution in [2.24, 2.45) is 0 Å². The number of rotatable bonds is 4. The van der Waals surface area contributed by atoms with Gasteiger partial charge in [-0.3, -0.25) is 4.98 Å². The summed E-state index contributed by atoms with van der Waals surface area (Å²) in [6.07, 6.45) is 6.45. The number of pyridine rings is 1. The predicted octanol–water partition coefficient (Wildman–Crippen LogP) is 3.47. The smallest absolute Gasteiger partial charge is 0.0932 e. The maximum Gasteiger partial charge on any atom is 0.0932 e. The zero-order valence-electron chi connectivity index (χ0n) is 13.2. The molecule has 1 saturated carbocycles. The summed E-state index contributed by atoms with van der Waals surface area (Å²) in [5, 5.41) is 13.9. The lowest BCUT2D eigenvalue weighted by molar-refractivity contribution is 0.161. The zero-order chi connectivity index (χ0) is 14.8. The van der Waals surface area contributed by atoms with Crippen molar-refractivity contribution in [1.29, 1.82) is 0 Å². The summed E-state index contributed by atoms with van der Waals surface area (Å²) in [7, 11) is 0. The minimum Gasteiger partial charge on any atom is -0.387 e. The number of aliphatic hydroxyl groups excluding tert-OH is 1. The fourth-order valence-electron chi connectivity index (χ4n) is 2.92. The number of nitrogens with one attached hydrogen (secondary N) is 1. The van der Waals surface area contributed by atoms with E-state index < -0.39 is 6.10 Å². The number of nitrogens with zero attached hydrogens (tertiary/aromatic N) is 1. The molecule has 0 saturated heterocycles. The van der Waals surface area contributed by atoms with Crippen LogP contribution in [0.2, 0.25) is 0 Å². The molecule has 0 radical (unpaired) electrons. The molecule has 2 N–H and O–H groups in total. The first-order chi connectivity index (χ1) is 9.37. The van der Waals surface area contributed by atoms with Gasteiger partial charge < -0.3 is 10.4 Å². The van der Waals surface area contributed by atoms with Crippen molar-refractivity contribution < 1.29 is 5.11 Å². The molecule has 3 nitrogen and oxygen atoms in total. The van der Waals surface area contributed by atoms with Crippen LogP contribution in [0.1, 0.15) is 75.3 Å². The lowest BCUT2D eigenvalue weighted by Gasteiger charge is -2.25. The first-order valence-electron chi connectivity index (χ1n) is 7.76. The molecule has 0 aromatic carbocycles. The van der Waals surface area contributed by atoms with Crippen LogP contribution in [0.25, 0.3) is 0 Å². The summed E-state index contributed by atoms with van der Waals surface area (Å²) < 4.78 is 0. The molecule has 0 unspecified atom stereocenters. The molecule has 20 heavy (non-hydrogen) atoms. The van der Waals surface area contributed by atoms with Crippen molar-refractivity contribution in [3.63, 3.8) is 0 Å². The zero-order valence-corrected chi connectivity index (χ0v) is 13.2. The van der Waals surface area contributed by atoms with Crippen LogP contribution in [0.5, 0.6) is 0 Å². The van der Waals surface area contributed by atoms with E-state index in [0.717, 1.165) is 16.8 Å². The summed E-state index contributed by atoms with van der Waals surface area (Å²) in [5.41, 5.74) is 3.28. The van der Waals surface area contributed by atoms with Gasteiger partial charge in [-0.25, -0.2) is 0 Å². The molecule has 0 amide bonds. The molecule has 1 aliphatic carbocycles. The standard InChI is InChI=1S/C17H28N2O/c1-12-9-14(15(20)11-19-17(2,3)4)16(18-10-12)13-7-5-6-8-13/h9-10,13,15,19-20H,5-8,11H2,1-4H3/t15-/m0/s1. The summed E-state index contributed by atoms with van der Waals surface area (Å²) in [6.45, 7) is 8.97. The molecule has 0 bridgehead atoms. The Balaban J connectivity index is 2.17. The van der Waals surface area contributed by atoms with Crippen molar-refractivity contribution in [3.8, 4) is 0 Å². The molecule has 0 aliphatic heterocycles. The average molecular weight is 276 g/mol. The second kappa shape index (κ2) is 6.23. The Bertz CT molecular complexity index is 445. The molecule has 1 aromatic rings. The topological polar surface area (TPSA) is 45.2 Å². The van der Waals surface area contributed by atoms with Crippen LogP contribution in [-0.2, 0) is 0 Å². The van der Waals surface area contributed by atoms with Gasteiger partial charge in [-0.1, -0.05) is 18.9 Å². The van der Waals surface area contributed by atoms with Gasteiger partial charge in [-0.2, -0.15) is 0 Å². The summed E-state index contributed by atoms with van der Waals surface area (Å²) in [4.78, 5) is 4.64. The fraction of sp³-hybridized carbons (Fsp3) is 0.706. The third-order valence-electron chi connectivity index (χ3n) is 4.01. The minimum atomic E-state index is -0.475. The molecule has 1 atom stereocenters. The van der Waals surface area contributed by atoms with Gasteiger partial charge in [0.15, 0.2) is 0 Å². The van der Waals surface area contributed by atoms with Crippen LogP contribution >= 0.6 is 0 Å². The van der Waals surface area contributed by atoms with E-state index in [2.05, 4.69) is 37.1 Å². The van der Waals surface area contributed by atoms with Crippen LogP contribution in [-0.4, -0.2) is 22.2 Å². The summed E-state index contributed by atoms with van der Waals surface area (Å²) >= 11 is 0. The van der Waals surface area contributed by atoms with Gasteiger partial charge in [0.25, 0.3) is 0 Å². The third kappa shape index (κ3) is 4.03. The molecular formula is C17H28N2O. The molecular weight excluding hydrogens is 248 g/mol. The van der Waals surface area contributed by atoms with E-state index in [0.29, 0.717) is 12.5 Å². The molecule has 0 spiro atoms. The third-order valence-corrected chi connectivity index (χ3v) is 4.01. The Hall–Kier alpha value is -0.930. The van der Waals surface area contributed by atoms with Gasteiger partial charge in [0, 0.05) is 35.5 Å². The maximum absolute atomic E-state index is 10.5. The summed E-state index contributed by atoms with van der Waals surface area (Å²) in [5.74, 6) is 0.537. The summed E-state index contributed by atoms with van der Waals surface area (Å²) in [6, 6.07) is 2.11. The van der Waals surface area contributed by atoms with E-state index in [9.17, 15) is 5.11 Å². The van der Waals surface area contributed by atoms with Gasteiger partial charge in [-0.05, 0) is 46.1 Å². The molecule has 1 heterocycles. The lowest BCUT2D eigenvalue weighted by atomic mass is 9.94. The minimum absolute atomic E-state index is 0.0196. The van der Waals surface area contributed by atoms with Gasteiger partial charge in [0.1, 0.15) is 0 Å². The Labute approximate surface area is 122 Å². The largest absolute Gasteiger partial charge is 0.387 e. The first-order valence-corrected chi connectivity index (χ1v) is 7.76. The monoisotopic (exact) mass is 276 g/mol. The van der Waals surface area contributed by atoms with Gasteiger partial charge in [0.2, 0.25) is 0 Å². The average Bonchev–Trinajstić information content (AvgIpc) is 2.88. The normalized spacial score (nSPS) is 18.4. The quantitative estimate of drug-likeness (QED) is 0.885. The highest BCUT2D eigenvalue weighted by molar-refractivity contribution is 5.30. The molecule has 1 aliphatic rings. The molecule has 3 heteroatoms. The maximum atomic E-state index is 10.5. The van der Waals surface area contributed by atoms with E-state index in [1.807, 2.05) is 13.1 Å². The molecule has 1 aromatic heterocycles. The Kier molecular flexibility index (Phi) is 4.82. The van der Waals surface area contributed by atoms with E-state index in [1.165, 1.54) is 25.7 Å². The van der Waals surface area contributed by atoms with Crippen molar-refractivity contribution in [2.75, 3.05) is 6.54 Å². The highest BCUT2D eigenvalue weighted by Gasteiger charge is 2.24. The second-order valence-corrected chi connectivity index (χ2v) is 7.12. The van der Waals surface area contributed by atoms with E-state index in [4.69, 9.17) is 0 Å². The molecule has 2 rings (SSSR count). The Morgan fingerprint density at radius 3 is 2.60 bits per heavy atom. The number of hydrogen-bond acceptors (Lipinski definition) is 3. The number of aliphatic hydroxyl groups is 1. The second-order valence-electron chi connectivity index (χ2n) is 7.12. The number of aromatic nitrogens is 1. The van der Waals surface area contributed by atoms with E-state index in [-0.39, 0.29) is 5.54 Å². The highest BCUT2D eigenvalue weighted by atomic mass is 16.3. The SMILES string of the molecule is Cc1cnc(C2CCCC2)c([C@@H](O)CNC(C)(C)C)c1. The van der Waals surface area contributed by atoms with Crippen molar-refractivity contribution in [2.45, 2.75) is 70.9 Å². The van der Waals surface area contributed by atoms with Crippen molar-refractivity contribution in [1.82, 2.24) is 10.3 Å². The van der Waals surface area contributed by atoms with Gasteiger partial charge >= 0.3 is 0 Å². The van der Waals surface area contributed by atoms with Crippen LogP contribution in [0, 0.1) is 6.92 Å². The fourth-order valence-corrected chi connectivity index (χ4v) is 2.92. The highest BCUT2D eigenvalue weighted by Crippen LogP contribution is 2.36. The lowest BCUT2D eigenvalue weighted by Crippen LogP contribution is -2.38. The Morgan fingerprint density at radius 2 is 2.00 bits per heavy atom. The molecule has 112 valence electrons. The van der Waals surface area contributed by atoms with E-state index in [1.54, 1.807) is 0 Å².